The zero-order chi connectivity index (χ0) is 11.7. The first-order chi connectivity index (χ1) is 7.09. The molecule has 0 radical (unpaired) electrons. The number of nitrogens with one attached hydrogen (secondary N) is 1. The van der Waals surface area contributed by atoms with Gasteiger partial charge in [-0.1, -0.05) is 35.9 Å². The van der Waals surface area contributed by atoms with Crippen molar-refractivity contribution in [2.24, 2.45) is 5.92 Å². The molecule has 0 saturated carbocycles. The number of carbonyl (C=O) groups is 1. The van der Waals surface area contributed by atoms with E-state index < -0.39 is 0 Å². The lowest BCUT2D eigenvalue weighted by Crippen LogP contribution is -2.36. The van der Waals surface area contributed by atoms with Crippen LogP contribution in [0, 0.1) is 5.92 Å². The lowest BCUT2D eigenvalue weighted by Gasteiger charge is -2.13. The predicted molar refractivity (Wildman–Crippen MR) is 66.2 cm³/mol. The highest BCUT2D eigenvalue weighted by Crippen LogP contribution is 2.11. The van der Waals surface area contributed by atoms with Gasteiger partial charge in [-0.3, -0.25) is 4.79 Å². The van der Waals surface area contributed by atoms with E-state index in [1.54, 1.807) is 0 Å². The second kappa shape index (κ2) is 8.92. The van der Waals surface area contributed by atoms with Crippen LogP contribution in [-0.2, 0) is 9.53 Å². The van der Waals surface area contributed by atoms with Gasteiger partial charge in [-0.05, 0) is 12.3 Å². The zero-order valence-corrected chi connectivity index (χ0v) is 11.0. The van der Waals surface area contributed by atoms with Crippen LogP contribution in [0.25, 0.3) is 0 Å². The van der Waals surface area contributed by atoms with Gasteiger partial charge in [0.05, 0.1) is 18.0 Å². The Labute approximate surface area is 100 Å². The Kier molecular flexibility index (Phi) is 8.71. The lowest BCUT2D eigenvalue weighted by molar-refractivity contribution is -0.121. The number of ether oxygens (including phenoxy) is 1. The smallest absolute Gasteiger partial charge is 0.234 e. The van der Waals surface area contributed by atoms with Crippen LogP contribution >= 0.6 is 15.9 Å². The first kappa shape index (κ1) is 14.6. The van der Waals surface area contributed by atoms with E-state index in [0.29, 0.717) is 25.7 Å². The topological polar surface area (TPSA) is 38.3 Å². The van der Waals surface area contributed by atoms with E-state index in [1.807, 2.05) is 19.9 Å². The molecule has 1 unspecified atom stereocenters. The number of alkyl halides is 1. The minimum absolute atomic E-state index is 0.0253. The second-order valence-corrected chi connectivity index (χ2v) is 4.61. The Morgan fingerprint density at radius 1 is 1.53 bits per heavy atom. The Bertz CT molecular complexity index is 195. The summed E-state index contributed by atoms with van der Waals surface area (Å²) >= 11 is 3.34. The van der Waals surface area contributed by atoms with E-state index in [4.69, 9.17) is 4.74 Å². The van der Waals surface area contributed by atoms with Crippen LogP contribution in [0.1, 0.15) is 20.3 Å². The molecule has 0 heterocycles. The van der Waals surface area contributed by atoms with Crippen LogP contribution in [0.4, 0.5) is 0 Å². The summed E-state index contributed by atoms with van der Waals surface area (Å²) in [6, 6.07) is 0. The minimum atomic E-state index is -0.120. The van der Waals surface area contributed by atoms with Crippen molar-refractivity contribution in [3.63, 3.8) is 0 Å². The highest BCUT2D eigenvalue weighted by atomic mass is 79.9. The Morgan fingerprint density at radius 2 is 2.20 bits per heavy atom. The number of halogens is 1. The molecular weight excluding hydrogens is 258 g/mol. The highest BCUT2D eigenvalue weighted by molar-refractivity contribution is 9.10. The average molecular weight is 278 g/mol. The summed E-state index contributed by atoms with van der Waals surface area (Å²) in [5, 5.41) is 2.80. The Morgan fingerprint density at radius 3 is 2.73 bits per heavy atom. The number of hydrogen-bond acceptors (Lipinski definition) is 2. The zero-order valence-electron chi connectivity index (χ0n) is 9.46. The molecule has 0 fully saturated rings. The molecule has 0 aliphatic carbocycles. The van der Waals surface area contributed by atoms with E-state index in [2.05, 4.69) is 27.8 Å². The number of carbonyl (C=O) groups excluding carboxylic acids is 1. The van der Waals surface area contributed by atoms with Crippen molar-refractivity contribution in [3.8, 4) is 0 Å². The van der Waals surface area contributed by atoms with Crippen LogP contribution in [0.15, 0.2) is 12.7 Å². The average Bonchev–Trinajstić information content (AvgIpc) is 2.21. The summed E-state index contributed by atoms with van der Waals surface area (Å²) in [5.41, 5.74) is 0. The standard InChI is InChI=1S/C11H20BrNO2/c1-4-5-7-15-8-6-13-11(14)10(12)9(2)3/h4,9-10H,1,5-8H2,2-3H3,(H,13,14). The quantitative estimate of drug-likeness (QED) is 0.419. The normalized spacial score (nSPS) is 12.5. The third kappa shape index (κ3) is 7.56. The van der Waals surface area contributed by atoms with Crippen LogP contribution in [0.2, 0.25) is 0 Å². The van der Waals surface area contributed by atoms with Crippen molar-refractivity contribution >= 4 is 21.8 Å². The number of hydrogen-bond donors (Lipinski definition) is 1. The first-order valence-corrected chi connectivity index (χ1v) is 6.11. The summed E-state index contributed by atoms with van der Waals surface area (Å²) in [4.78, 5) is 11.3. The summed E-state index contributed by atoms with van der Waals surface area (Å²) in [7, 11) is 0. The SMILES string of the molecule is C=CCCOCCNC(=O)C(Br)C(C)C. The molecule has 1 N–H and O–H groups in total. The molecule has 3 nitrogen and oxygen atoms in total. The molecule has 0 aromatic rings. The molecule has 0 saturated heterocycles. The third-order valence-electron chi connectivity index (χ3n) is 1.85. The van der Waals surface area contributed by atoms with Crippen molar-refractivity contribution in [2.75, 3.05) is 19.8 Å². The van der Waals surface area contributed by atoms with Crippen LogP contribution in [0.5, 0.6) is 0 Å². The Hall–Kier alpha value is -0.350. The molecule has 88 valence electrons. The molecule has 0 spiro atoms. The van der Waals surface area contributed by atoms with Gasteiger partial charge in [0.25, 0.3) is 0 Å². The molecule has 0 aromatic heterocycles. The molecule has 0 aliphatic heterocycles. The number of amides is 1. The molecule has 15 heavy (non-hydrogen) atoms. The molecule has 0 aliphatic rings. The molecular formula is C11H20BrNO2. The van der Waals surface area contributed by atoms with Crippen LogP contribution < -0.4 is 5.32 Å². The van der Waals surface area contributed by atoms with Crippen molar-refractivity contribution in [1.29, 1.82) is 0 Å². The molecule has 0 aromatic carbocycles. The minimum Gasteiger partial charge on any atom is -0.379 e. The van der Waals surface area contributed by atoms with E-state index in [1.165, 1.54) is 0 Å². The van der Waals surface area contributed by atoms with E-state index in [-0.39, 0.29) is 10.7 Å². The second-order valence-electron chi connectivity index (χ2n) is 3.63. The van der Waals surface area contributed by atoms with Gasteiger partial charge < -0.3 is 10.1 Å². The largest absolute Gasteiger partial charge is 0.379 e. The van der Waals surface area contributed by atoms with Gasteiger partial charge in [0.15, 0.2) is 0 Å². The highest BCUT2D eigenvalue weighted by Gasteiger charge is 2.17. The maximum atomic E-state index is 11.4. The van der Waals surface area contributed by atoms with Gasteiger partial charge in [0.1, 0.15) is 0 Å². The predicted octanol–water partition coefficient (Wildman–Crippen LogP) is 2.11. The molecule has 1 atom stereocenters. The van der Waals surface area contributed by atoms with E-state index in [9.17, 15) is 4.79 Å². The van der Waals surface area contributed by atoms with Crippen molar-refractivity contribution in [2.45, 2.75) is 25.1 Å². The Balaban J connectivity index is 3.43. The molecule has 4 heteroatoms. The summed E-state index contributed by atoms with van der Waals surface area (Å²) in [6.45, 7) is 9.37. The van der Waals surface area contributed by atoms with E-state index >= 15 is 0 Å². The van der Waals surface area contributed by atoms with Gasteiger partial charge in [-0.2, -0.15) is 0 Å². The van der Waals surface area contributed by atoms with Crippen LogP contribution in [0.3, 0.4) is 0 Å². The van der Waals surface area contributed by atoms with Crippen molar-refractivity contribution < 1.29 is 9.53 Å². The van der Waals surface area contributed by atoms with Crippen molar-refractivity contribution in [3.05, 3.63) is 12.7 Å². The molecule has 0 rings (SSSR count). The third-order valence-corrected chi connectivity index (χ3v) is 3.32. The first-order valence-electron chi connectivity index (χ1n) is 5.20. The monoisotopic (exact) mass is 277 g/mol. The fraction of sp³-hybridized carbons (Fsp3) is 0.727. The van der Waals surface area contributed by atoms with Gasteiger partial charge in [-0.25, -0.2) is 0 Å². The van der Waals surface area contributed by atoms with Gasteiger partial charge in [-0.15, -0.1) is 6.58 Å². The summed E-state index contributed by atoms with van der Waals surface area (Å²) in [6.07, 6.45) is 2.66. The maximum Gasteiger partial charge on any atom is 0.234 e. The van der Waals surface area contributed by atoms with Crippen LogP contribution in [-0.4, -0.2) is 30.5 Å². The number of rotatable bonds is 8. The summed E-state index contributed by atoms with van der Waals surface area (Å²) < 4.78 is 5.26. The van der Waals surface area contributed by atoms with Crippen molar-refractivity contribution in [1.82, 2.24) is 5.32 Å². The maximum absolute atomic E-state index is 11.4. The fourth-order valence-corrected chi connectivity index (χ4v) is 1.08. The molecule has 1 amide bonds. The van der Waals surface area contributed by atoms with Gasteiger partial charge in [0.2, 0.25) is 5.91 Å². The lowest BCUT2D eigenvalue weighted by atomic mass is 10.1. The fourth-order valence-electron chi connectivity index (χ4n) is 0.915. The van der Waals surface area contributed by atoms with E-state index in [0.717, 1.165) is 6.42 Å². The van der Waals surface area contributed by atoms with Gasteiger partial charge in [0, 0.05) is 6.54 Å². The molecule has 0 bridgehead atoms. The summed E-state index contributed by atoms with van der Waals surface area (Å²) in [5.74, 6) is 0.323. The van der Waals surface area contributed by atoms with Gasteiger partial charge >= 0.3 is 0 Å².